The Labute approximate surface area is 151 Å². The number of halogens is 2. The lowest BCUT2D eigenvalue weighted by atomic mass is 9.97. The van der Waals surface area contributed by atoms with Crippen molar-refractivity contribution in [3.63, 3.8) is 0 Å². The maximum Gasteiger partial charge on any atom is 0.138 e. The number of rotatable bonds is 5. The smallest absolute Gasteiger partial charge is 0.138 e. The van der Waals surface area contributed by atoms with E-state index in [1.54, 1.807) is 43.6 Å². The predicted molar refractivity (Wildman–Crippen MR) is 100.0 cm³/mol. The summed E-state index contributed by atoms with van der Waals surface area (Å²) in [5.74, 6) is 0.931. The maximum absolute atomic E-state index is 15.3. The van der Waals surface area contributed by atoms with Gasteiger partial charge >= 0.3 is 0 Å². The molecule has 0 unspecified atom stereocenters. The highest BCUT2D eigenvalue weighted by Gasteiger charge is 2.16. The summed E-state index contributed by atoms with van der Waals surface area (Å²) in [5, 5.41) is 3.54. The largest absolute Gasteiger partial charge is 0.496 e. The zero-order chi connectivity index (χ0) is 17.8. The molecule has 1 heterocycles. The zero-order valence-electron chi connectivity index (χ0n) is 14.0. The highest BCUT2D eigenvalue weighted by molar-refractivity contribution is 6.30. The second-order valence-electron chi connectivity index (χ2n) is 5.60. The molecule has 0 amide bonds. The standard InChI is InChI=1S/C20H18ClFN2O/c1-23-18-11-13(8-9-24-18)10-15-6-7-17(25-2)19(20(15)22)14-4-3-5-16(21)12-14/h3-9,11-12H,10H2,1-2H3,(H,23,24). The summed E-state index contributed by atoms with van der Waals surface area (Å²) in [6.07, 6.45) is 2.17. The molecule has 0 aliphatic carbocycles. The Morgan fingerprint density at radius 2 is 2.00 bits per heavy atom. The van der Waals surface area contributed by atoms with E-state index in [2.05, 4.69) is 10.3 Å². The molecule has 0 aliphatic rings. The fourth-order valence-corrected chi connectivity index (χ4v) is 2.95. The summed E-state index contributed by atoms with van der Waals surface area (Å²) in [4.78, 5) is 4.18. The number of ether oxygens (including phenoxy) is 1. The van der Waals surface area contributed by atoms with Crippen molar-refractivity contribution >= 4 is 17.4 Å². The maximum atomic E-state index is 15.3. The lowest BCUT2D eigenvalue weighted by molar-refractivity contribution is 0.413. The van der Waals surface area contributed by atoms with Crippen molar-refractivity contribution in [3.05, 3.63) is 76.7 Å². The molecule has 3 nitrogen and oxygen atoms in total. The molecule has 128 valence electrons. The van der Waals surface area contributed by atoms with Crippen LogP contribution in [0.4, 0.5) is 10.2 Å². The first-order chi connectivity index (χ1) is 12.1. The summed E-state index contributed by atoms with van der Waals surface area (Å²) in [5.41, 5.74) is 2.67. The molecule has 5 heteroatoms. The molecule has 0 aliphatic heterocycles. The van der Waals surface area contributed by atoms with Crippen molar-refractivity contribution in [1.29, 1.82) is 0 Å². The molecule has 3 aromatic rings. The first kappa shape index (κ1) is 17.2. The van der Waals surface area contributed by atoms with Crippen LogP contribution < -0.4 is 10.1 Å². The normalized spacial score (nSPS) is 10.6. The molecule has 3 rings (SSSR count). The van der Waals surface area contributed by atoms with E-state index in [9.17, 15) is 0 Å². The van der Waals surface area contributed by atoms with Crippen molar-refractivity contribution in [2.45, 2.75) is 6.42 Å². The number of pyridine rings is 1. The minimum absolute atomic E-state index is 0.301. The van der Waals surface area contributed by atoms with E-state index in [4.69, 9.17) is 16.3 Å². The number of hydrogen-bond acceptors (Lipinski definition) is 3. The molecule has 0 saturated carbocycles. The Kier molecular flexibility index (Phi) is 5.19. The quantitative estimate of drug-likeness (QED) is 0.683. The third-order valence-corrected chi connectivity index (χ3v) is 4.23. The van der Waals surface area contributed by atoms with E-state index in [-0.39, 0.29) is 5.82 Å². The van der Waals surface area contributed by atoms with Crippen molar-refractivity contribution in [2.24, 2.45) is 0 Å². The van der Waals surface area contributed by atoms with Gasteiger partial charge in [-0.2, -0.15) is 0 Å². The van der Waals surface area contributed by atoms with Crippen LogP contribution in [0.5, 0.6) is 5.75 Å². The molecular weight excluding hydrogens is 339 g/mol. The predicted octanol–water partition coefficient (Wildman–Crippen LogP) is 5.18. The Hall–Kier alpha value is -2.59. The van der Waals surface area contributed by atoms with Crippen LogP contribution in [0.15, 0.2) is 54.7 Å². The van der Waals surface area contributed by atoms with Gasteiger partial charge < -0.3 is 10.1 Å². The van der Waals surface area contributed by atoms with E-state index in [0.29, 0.717) is 33.9 Å². The van der Waals surface area contributed by atoms with Gasteiger partial charge in [-0.1, -0.05) is 29.8 Å². The molecule has 0 saturated heterocycles. The Morgan fingerprint density at radius 3 is 2.72 bits per heavy atom. The van der Waals surface area contributed by atoms with E-state index in [1.807, 2.05) is 18.2 Å². The van der Waals surface area contributed by atoms with E-state index in [0.717, 1.165) is 11.4 Å². The van der Waals surface area contributed by atoms with Gasteiger partial charge in [-0.25, -0.2) is 9.37 Å². The Morgan fingerprint density at radius 1 is 1.16 bits per heavy atom. The van der Waals surface area contributed by atoms with Gasteiger partial charge in [0.05, 0.1) is 12.7 Å². The molecule has 0 fully saturated rings. The number of nitrogens with zero attached hydrogens (tertiary/aromatic N) is 1. The first-order valence-electron chi connectivity index (χ1n) is 7.86. The molecule has 1 aromatic heterocycles. The zero-order valence-corrected chi connectivity index (χ0v) is 14.8. The van der Waals surface area contributed by atoms with Gasteiger partial charge in [0.2, 0.25) is 0 Å². The number of benzene rings is 2. The van der Waals surface area contributed by atoms with Gasteiger partial charge in [-0.15, -0.1) is 0 Å². The molecular formula is C20H18ClFN2O. The van der Waals surface area contributed by atoms with Crippen LogP contribution in [0.2, 0.25) is 5.02 Å². The molecule has 0 radical (unpaired) electrons. The average molecular weight is 357 g/mol. The minimum atomic E-state index is -0.301. The van der Waals surface area contributed by atoms with Crippen LogP contribution in [0.1, 0.15) is 11.1 Å². The average Bonchev–Trinajstić information content (AvgIpc) is 2.63. The van der Waals surface area contributed by atoms with Crippen LogP contribution in [-0.2, 0) is 6.42 Å². The van der Waals surface area contributed by atoms with Crippen molar-refractivity contribution in [3.8, 4) is 16.9 Å². The third-order valence-electron chi connectivity index (χ3n) is 3.99. The first-order valence-corrected chi connectivity index (χ1v) is 8.24. The van der Waals surface area contributed by atoms with Crippen molar-refractivity contribution in [1.82, 2.24) is 4.98 Å². The second-order valence-corrected chi connectivity index (χ2v) is 6.04. The van der Waals surface area contributed by atoms with E-state index in [1.165, 1.54) is 7.11 Å². The minimum Gasteiger partial charge on any atom is -0.496 e. The van der Waals surface area contributed by atoms with Crippen LogP contribution in [0.3, 0.4) is 0 Å². The highest BCUT2D eigenvalue weighted by atomic mass is 35.5. The SMILES string of the molecule is CNc1cc(Cc2ccc(OC)c(-c3cccc(Cl)c3)c2F)ccn1. The highest BCUT2D eigenvalue weighted by Crippen LogP contribution is 2.36. The summed E-state index contributed by atoms with van der Waals surface area (Å²) in [6.45, 7) is 0. The molecule has 1 N–H and O–H groups in total. The van der Waals surface area contributed by atoms with Crippen LogP contribution in [0, 0.1) is 5.82 Å². The second kappa shape index (κ2) is 7.53. The lowest BCUT2D eigenvalue weighted by Gasteiger charge is -2.14. The molecule has 0 atom stereocenters. The topological polar surface area (TPSA) is 34.1 Å². The number of methoxy groups -OCH3 is 1. The van der Waals surface area contributed by atoms with Crippen LogP contribution >= 0.6 is 11.6 Å². The van der Waals surface area contributed by atoms with Gasteiger partial charge in [0.25, 0.3) is 0 Å². The molecule has 2 aromatic carbocycles. The van der Waals surface area contributed by atoms with Crippen LogP contribution in [-0.4, -0.2) is 19.1 Å². The molecule has 0 bridgehead atoms. The Balaban J connectivity index is 2.05. The molecule has 25 heavy (non-hydrogen) atoms. The number of anilines is 1. The van der Waals surface area contributed by atoms with Gasteiger partial charge in [0, 0.05) is 24.7 Å². The lowest BCUT2D eigenvalue weighted by Crippen LogP contribution is -2.00. The number of aromatic nitrogens is 1. The van der Waals surface area contributed by atoms with E-state index < -0.39 is 0 Å². The fourth-order valence-electron chi connectivity index (χ4n) is 2.76. The third kappa shape index (κ3) is 3.74. The van der Waals surface area contributed by atoms with Gasteiger partial charge in [-0.3, -0.25) is 0 Å². The Bertz CT molecular complexity index is 899. The summed E-state index contributed by atoms with van der Waals surface area (Å²) in [6, 6.07) is 14.4. The number of hydrogen-bond donors (Lipinski definition) is 1. The van der Waals surface area contributed by atoms with Gasteiger partial charge in [0.1, 0.15) is 17.4 Å². The van der Waals surface area contributed by atoms with Gasteiger partial charge in [0.15, 0.2) is 0 Å². The van der Waals surface area contributed by atoms with E-state index >= 15 is 4.39 Å². The van der Waals surface area contributed by atoms with Crippen molar-refractivity contribution < 1.29 is 9.13 Å². The summed E-state index contributed by atoms with van der Waals surface area (Å²) in [7, 11) is 3.34. The fraction of sp³-hybridized carbons (Fsp3) is 0.150. The van der Waals surface area contributed by atoms with Crippen molar-refractivity contribution in [2.75, 3.05) is 19.5 Å². The van der Waals surface area contributed by atoms with Crippen LogP contribution in [0.25, 0.3) is 11.1 Å². The summed E-state index contributed by atoms with van der Waals surface area (Å²) >= 11 is 6.07. The monoisotopic (exact) mass is 356 g/mol. The van der Waals surface area contributed by atoms with Gasteiger partial charge in [-0.05, 0) is 47.0 Å². The number of nitrogens with one attached hydrogen (secondary N) is 1. The molecule has 0 spiro atoms. The summed E-state index contributed by atoms with van der Waals surface area (Å²) < 4.78 is 20.6.